The minimum absolute atomic E-state index is 0.0594. The summed E-state index contributed by atoms with van der Waals surface area (Å²) in [4.78, 5) is 14.7. The van der Waals surface area contributed by atoms with Crippen LogP contribution in [0, 0.1) is 5.92 Å². The molecule has 0 saturated heterocycles. The summed E-state index contributed by atoms with van der Waals surface area (Å²) in [5.74, 6) is 0.456. The molecule has 1 atom stereocenters. The first-order valence-electron chi connectivity index (χ1n) is 8.89. The van der Waals surface area contributed by atoms with E-state index in [4.69, 9.17) is 0 Å². The summed E-state index contributed by atoms with van der Waals surface area (Å²) in [5.41, 5.74) is 3.61. The zero-order valence-electron chi connectivity index (χ0n) is 14.2. The first kappa shape index (κ1) is 16.3. The topological polar surface area (TPSA) is 32.3 Å². The molecule has 1 aliphatic heterocycles. The van der Waals surface area contributed by atoms with Gasteiger partial charge in [0.2, 0.25) is 5.91 Å². The van der Waals surface area contributed by atoms with Crippen LogP contribution >= 0.6 is 0 Å². The average molecular weight is 312 g/mol. The minimum Gasteiger partial charge on any atom is -0.351 e. The maximum absolute atomic E-state index is 12.4. The van der Waals surface area contributed by atoms with Crippen molar-refractivity contribution in [1.29, 1.82) is 0 Å². The highest BCUT2D eigenvalue weighted by Gasteiger charge is 2.25. The number of carbonyl (C=O) groups excluding carboxylic acids is 1. The van der Waals surface area contributed by atoms with Crippen molar-refractivity contribution in [3.8, 4) is 0 Å². The largest absolute Gasteiger partial charge is 0.351 e. The second-order valence-electron chi connectivity index (χ2n) is 7.11. The Morgan fingerprint density at radius 1 is 1.22 bits per heavy atom. The minimum atomic E-state index is 0.0594. The van der Waals surface area contributed by atoms with Crippen LogP contribution in [0.4, 0.5) is 0 Å². The van der Waals surface area contributed by atoms with Gasteiger partial charge in [0.25, 0.3) is 0 Å². The summed E-state index contributed by atoms with van der Waals surface area (Å²) in [5, 5.41) is 3.13. The van der Waals surface area contributed by atoms with Crippen LogP contribution in [0.15, 0.2) is 36.4 Å². The highest BCUT2D eigenvalue weighted by atomic mass is 16.1. The molecule has 1 fully saturated rings. The van der Waals surface area contributed by atoms with Gasteiger partial charge in [-0.2, -0.15) is 0 Å². The Balaban J connectivity index is 1.53. The Labute approximate surface area is 139 Å². The molecule has 1 aliphatic carbocycles. The zero-order valence-corrected chi connectivity index (χ0v) is 14.2. The van der Waals surface area contributed by atoms with Gasteiger partial charge >= 0.3 is 0 Å². The first-order valence-corrected chi connectivity index (χ1v) is 8.89. The Morgan fingerprint density at radius 2 is 1.91 bits per heavy atom. The quantitative estimate of drug-likeness (QED) is 0.865. The third-order valence-electron chi connectivity index (χ3n) is 5.50. The van der Waals surface area contributed by atoms with E-state index in [1.165, 1.54) is 30.4 Å². The number of hydrogen-bond donors (Lipinski definition) is 1. The molecule has 3 heteroatoms. The van der Waals surface area contributed by atoms with Crippen LogP contribution < -0.4 is 5.32 Å². The Bertz CT molecular complexity index is 575. The van der Waals surface area contributed by atoms with Crippen molar-refractivity contribution >= 4 is 5.91 Å². The number of likely N-dealkylation sites (N-methyl/N-ethyl adjacent to an activating group) is 1. The van der Waals surface area contributed by atoms with Crippen molar-refractivity contribution in [3.05, 3.63) is 47.5 Å². The van der Waals surface area contributed by atoms with Crippen molar-refractivity contribution in [3.63, 3.8) is 0 Å². The predicted molar refractivity (Wildman–Crippen MR) is 94.1 cm³/mol. The fourth-order valence-electron chi connectivity index (χ4n) is 3.91. The van der Waals surface area contributed by atoms with E-state index in [9.17, 15) is 4.79 Å². The van der Waals surface area contributed by atoms with E-state index in [2.05, 4.69) is 48.1 Å². The van der Waals surface area contributed by atoms with E-state index >= 15 is 0 Å². The molecule has 0 spiro atoms. The van der Waals surface area contributed by atoms with Gasteiger partial charge in [-0.15, -0.1) is 0 Å². The third-order valence-corrected chi connectivity index (χ3v) is 5.50. The molecule has 1 aromatic rings. The SMILES string of the molecule is C=C(C(=O)NCC1Cc2ccccc2CN1C)C1CCCCC1. The molecule has 3 nitrogen and oxygen atoms in total. The van der Waals surface area contributed by atoms with Crippen LogP contribution in [0.3, 0.4) is 0 Å². The fraction of sp³-hybridized carbons (Fsp3) is 0.550. The number of nitrogens with zero attached hydrogens (tertiary/aromatic N) is 1. The van der Waals surface area contributed by atoms with Crippen LogP contribution in [0.25, 0.3) is 0 Å². The van der Waals surface area contributed by atoms with Gasteiger partial charge < -0.3 is 5.32 Å². The smallest absolute Gasteiger partial charge is 0.246 e. The number of benzene rings is 1. The van der Waals surface area contributed by atoms with Crippen LogP contribution in [0.2, 0.25) is 0 Å². The highest BCUT2D eigenvalue weighted by molar-refractivity contribution is 5.93. The molecule has 0 bridgehead atoms. The van der Waals surface area contributed by atoms with Crippen molar-refractivity contribution in [1.82, 2.24) is 10.2 Å². The maximum Gasteiger partial charge on any atom is 0.246 e. The summed E-state index contributed by atoms with van der Waals surface area (Å²) in [7, 11) is 2.14. The summed E-state index contributed by atoms with van der Waals surface area (Å²) >= 11 is 0. The molecule has 1 N–H and O–H groups in total. The van der Waals surface area contributed by atoms with Gasteiger partial charge in [0.15, 0.2) is 0 Å². The number of carbonyl (C=O) groups is 1. The number of amides is 1. The molecule has 0 aromatic heterocycles. The fourth-order valence-corrected chi connectivity index (χ4v) is 3.91. The second-order valence-corrected chi connectivity index (χ2v) is 7.11. The van der Waals surface area contributed by atoms with Crippen LogP contribution in [0.1, 0.15) is 43.2 Å². The lowest BCUT2D eigenvalue weighted by Gasteiger charge is -2.34. The van der Waals surface area contributed by atoms with Crippen LogP contribution in [0.5, 0.6) is 0 Å². The first-order chi connectivity index (χ1) is 11.1. The summed E-state index contributed by atoms with van der Waals surface area (Å²) < 4.78 is 0. The summed E-state index contributed by atoms with van der Waals surface area (Å²) in [6.45, 7) is 5.73. The molecule has 1 unspecified atom stereocenters. The Morgan fingerprint density at radius 3 is 2.65 bits per heavy atom. The lowest BCUT2D eigenvalue weighted by atomic mass is 9.84. The molecular weight excluding hydrogens is 284 g/mol. The van der Waals surface area contributed by atoms with E-state index < -0.39 is 0 Å². The van der Waals surface area contributed by atoms with Crippen LogP contribution in [-0.2, 0) is 17.8 Å². The Hall–Kier alpha value is -1.61. The van der Waals surface area contributed by atoms with Gasteiger partial charge in [-0.1, -0.05) is 50.1 Å². The molecule has 1 amide bonds. The molecule has 2 aliphatic rings. The van der Waals surface area contributed by atoms with Gasteiger partial charge in [-0.3, -0.25) is 9.69 Å². The van der Waals surface area contributed by atoms with Crippen molar-refractivity contribution in [2.24, 2.45) is 5.92 Å². The number of nitrogens with one attached hydrogen (secondary N) is 1. The molecule has 1 aromatic carbocycles. The number of hydrogen-bond acceptors (Lipinski definition) is 2. The average Bonchev–Trinajstić information content (AvgIpc) is 2.59. The van der Waals surface area contributed by atoms with Gasteiger partial charge in [0.1, 0.15) is 0 Å². The van der Waals surface area contributed by atoms with Gasteiger partial charge in [0, 0.05) is 24.7 Å². The molecule has 0 radical (unpaired) electrons. The van der Waals surface area contributed by atoms with E-state index in [1.54, 1.807) is 0 Å². The molecular formula is C20H28N2O. The number of rotatable bonds is 4. The van der Waals surface area contributed by atoms with E-state index in [0.717, 1.165) is 31.4 Å². The second kappa shape index (κ2) is 7.31. The standard InChI is InChI=1S/C20H28N2O/c1-15(16-8-4-3-5-9-16)20(23)21-13-19-12-17-10-6-7-11-18(17)14-22(19)2/h6-7,10-11,16,19H,1,3-5,8-9,12-14H2,2H3,(H,21,23). The van der Waals surface area contributed by atoms with E-state index in [0.29, 0.717) is 18.5 Å². The lowest BCUT2D eigenvalue weighted by Crippen LogP contribution is -2.46. The highest BCUT2D eigenvalue weighted by Crippen LogP contribution is 2.29. The maximum atomic E-state index is 12.4. The predicted octanol–water partition coefficient (Wildman–Crippen LogP) is 3.30. The normalized spacial score (nSPS) is 22.4. The monoisotopic (exact) mass is 312 g/mol. The van der Waals surface area contributed by atoms with Crippen molar-refractivity contribution in [2.75, 3.05) is 13.6 Å². The Kier molecular flexibility index (Phi) is 5.16. The van der Waals surface area contributed by atoms with Gasteiger partial charge in [-0.05, 0) is 43.4 Å². The molecule has 1 saturated carbocycles. The molecule has 124 valence electrons. The zero-order chi connectivity index (χ0) is 16.2. The van der Waals surface area contributed by atoms with Gasteiger partial charge in [0.05, 0.1) is 0 Å². The van der Waals surface area contributed by atoms with E-state index in [1.807, 2.05) is 0 Å². The van der Waals surface area contributed by atoms with Gasteiger partial charge in [-0.25, -0.2) is 0 Å². The third kappa shape index (κ3) is 3.84. The van der Waals surface area contributed by atoms with Crippen molar-refractivity contribution < 1.29 is 4.79 Å². The molecule has 1 heterocycles. The van der Waals surface area contributed by atoms with E-state index in [-0.39, 0.29) is 5.91 Å². The lowest BCUT2D eigenvalue weighted by molar-refractivity contribution is -0.118. The molecule has 3 rings (SSSR count). The summed E-state index contributed by atoms with van der Waals surface area (Å²) in [6, 6.07) is 8.98. The summed E-state index contributed by atoms with van der Waals surface area (Å²) in [6.07, 6.45) is 7.03. The number of fused-ring (bicyclic) bond motifs is 1. The van der Waals surface area contributed by atoms with Crippen LogP contribution in [-0.4, -0.2) is 30.4 Å². The molecule has 23 heavy (non-hydrogen) atoms. The van der Waals surface area contributed by atoms with Crippen molar-refractivity contribution in [2.45, 2.75) is 51.1 Å².